The van der Waals surface area contributed by atoms with Gasteiger partial charge < -0.3 is 0 Å². The molecule has 0 heterocycles. The molecule has 2 atom stereocenters. The molecule has 0 N–H and O–H groups in total. The number of fused-ring (bicyclic) bond motifs is 4. The van der Waals surface area contributed by atoms with Crippen LogP contribution in [0.3, 0.4) is 0 Å². The zero-order valence-corrected chi connectivity index (χ0v) is 17.8. The van der Waals surface area contributed by atoms with E-state index in [4.69, 9.17) is 0 Å². The molecule has 6 rings (SSSR count). The van der Waals surface area contributed by atoms with E-state index in [0.717, 1.165) is 0 Å². The van der Waals surface area contributed by atoms with Crippen LogP contribution in [-0.4, -0.2) is 0 Å². The lowest BCUT2D eigenvalue weighted by Crippen LogP contribution is -2.30. The van der Waals surface area contributed by atoms with E-state index in [2.05, 4.69) is 118 Å². The zero-order chi connectivity index (χ0) is 20.5. The fourth-order valence-corrected chi connectivity index (χ4v) is 5.91. The van der Waals surface area contributed by atoms with Crippen LogP contribution in [0.15, 0.2) is 97.1 Å². The Morgan fingerprint density at radius 2 is 1.13 bits per heavy atom. The van der Waals surface area contributed by atoms with Crippen molar-refractivity contribution in [3.63, 3.8) is 0 Å². The quantitative estimate of drug-likeness (QED) is 0.326. The van der Waals surface area contributed by atoms with Gasteiger partial charge in [0.05, 0.1) is 0 Å². The van der Waals surface area contributed by atoms with Gasteiger partial charge in [-0.2, -0.15) is 0 Å². The van der Waals surface area contributed by atoms with Crippen LogP contribution >= 0.6 is 0 Å². The second-order valence-electron chi connectivity index (χ2n) is 9.64. The zero-order valence-electron chi connectivity index (χ0n) is 17.8. The molecule has 2 aliphatic carbocycles. The molecule has 0 fully saturated rings. The molecular weight excluding hydrogens is 360 g/mol. The molecule has 0 heteroatoms. The van der Waals surface area contributed by atoms with Crippen molar-refractivity contribution in [1.29, 1.82) is 0 Å². The smallest absolute Gasteiger partial charge is 0.0173 e. The normalized spacial score (nSPS) is 24.3. The third-order valence-corrected chi connectivity index (χ3v) is 7.97. The summed E-state index contributed by atoms with van der Waals surface area (Å²) in [7, 11) is 0. The van der Waals surface area contributed by atoms with Crippen molar-refractivity contribution < 1.29 is 0 Å². The van der Waals surface area contributed by atoms with Crippen LogP contribution in [0.5, 0.6) is 0 Å². The molecule has 0 amide bonds. The minimum atomic E-state index is 0.00801. The average molecular weight is 387 g/mol. The van der Waals surface area contributed by atoms with Gasteiger partial charge in [0, 0.05) is 11.3 Å². The van der Waals surface area contributed by atoms with Crippen molar-refractivity contribution in [2.24, 2.45) is 16.7 Å². The van der Waals surface area contributed by atoms with E-state index in [1.165, 1.54) is 43.8 Å². The Kier molecular flexibility index (Phi) is 3.51. The summed E-state index contributed by atoms with van der Waals surface area (Å²) in [6.45, 7) is 7.33. The van der Waals surface area contributed by atoms with Crippen LogP contribution in [0.4, 0.5) is 0 Å². The van der Waals surface area contributed by atoms with Crippen molar-refractivity contribution in [2.45, 2.75) is 20.8 Å². The van der Waals surface area contributed by atoms with Gasteiger partial charge in [-0.3, -0.25) is 0 Å². The summed E-state index contributed by atoms with van der Waals surface area (Å²) < 4.78 is 0. The van der Waals surface area contributed by atoms with E-state index < -0.39 is 0 Å². The molecule has 4 aromatic carbocycles. The van der Waals surface area contributed by atoms with Crippen molar-refractivity contribution in [3.8, 4) is 0 Å². The number of allylic oxidation sites excluding steroid dienone is 4. The van der Waals surface area contributed by atoms with Gasteiger partial charge in [-0.15, -0.1) is 0 Å². The Morgan fingerprint density at radius 3 is 1.73 bits per heavy atom. The highest BCUT2D eigenvalue weighted by molar-refractivity contribution is 6.02. The molecule has 30 heavy (non-hydrogen) atoms. The molecule has 2 aliphatic rings. The topological polar surface area (TPSA) is 0 Å². The first-order valence-corrected chi connectivity index (χ1v) is 10.9. The van der Waals surface area contributed by atoms with Gasteiger partial charge in [-0.25, -0.2) is 0 Å². The molecule has 4 aromatic rings. The predicted molar refractivity (Wildman–Crippen MR) is 129 cm³/mol. The van der Waals surface area contributed by atoms with Crippen molar-refractivity contribution in [2.75, 3.05) is 0 Å². The highest BCUT2D eigenvalue weighted by atomic mass is 14.6. The number of rotatable bonds is 2. The Balaban J connectivity index is 1.55. The van der Waals surface area contributed by atoms with Gasteiger partial charge in [-0.05, 0) is 49.2 Å². The third-order valence-electron chi connectivity index (χ3n) is 7.97. The van der Waals surface area contributed by atoms with Crippen molar-refractivity contribution >= 4 is 32.7 Å². The van der Waals surface area contributed by atoms with E-state index in [1.54, 1.807) is 0 Å². The second kappa shape index (κ2) is 5.95. The van der Waals surface area contributed by atoms with Gasteiger partial charge >= 0.3 is 0 Å². The maximum Gasteiger partial charge on any atom is 0.0173 e. The van der Waals surface area contributed by atoms with Gasteiger partial charge in [0.2, 0.25) is 0 Å². The molecule has 0 nitrogen and oxygen atoms in total. The van der Waals surface area contributed by atoms with Gasteiger partial charge in [0.15, 0.2) is 0 Å². The van der Waals surface area contributed by atoms with E-state index in [0.29, 0.717) is 5.92 Å². The molecule has 0 aromatic heterocycles. The number of hydrogen-bond donors (Lipinski definition) is 0. The SMILES string of the molecule is CC1(C)[C@@H]2C=C(c3cccc4ccccc34)[C@@]1(C)C=C2c1cccc2ccccc12. The highest BCUT2D eigenvalue weighted by Gasteiger charge is 2.57. The lowest BCUT2D eigenvalue weighted by Gasteiger charge is -2.37. The Hall–Kier alpha value is -3.12. The Morgan fingerprint density at radius 1 is 0.600 bits per heavy atom. The first-order valence-electron chi connectivity index (χ1n) is 10.9. The lowest BCUT2D eigenvalue weighted by molar-refractivity contribution is 0.216. The third kappa shape index (κ3) is 2.17. The van der Waals surface area contributed by atoms with Crippen LogP contribution < -0.4 is 0 Å². The average Bonchev–Trinajstić information content (AvgIpc) is 3.10. The number of benzene rings is 4. The summed E-state index contributed by atoms with van der Waals surface area (Å²) in [6.07, 6.45) is 5.15. The summed E-state index contributed by atoms with van der Waals surface area (Å²) >= 11 is 0. The fraction of sp³-hybridized carbons (Fsp3) is 0.200. The van der Waals surface area contributed by atoms with Crippen LogP contribution in [0.2, 0.25) is 0 Å². The molecule has 146 valence electrons. The van der Waals surface area contributed by atoms with Crippen LogP contribution in [-0.2, 0) is 0 Å². The highest BCUT2D eigenvalue weighted by Crippen LogP contribution is 2.68. The first kappa shape index (κ1) is 17.7. The van der Waals surface area contributed by atoms with Gasteiger partial charge in [0.1, 0.15) is 0 Å². The minimum absolute atomic E-state index is 0.00801. The van der Waals surface area contributed by atoms with Crippen molar-refractivity contribution in [3.05, 3.63) is 108 Å². The molecule has 0 spiro atoms. The summed E-state index contributed by atoms with van der Waals surface area (Å²) in [5.74, 6) is 0.419. The fourth-order valence-electron chi connectivity index (χ4n) is 5.91. The maximum atomic E-state index is 2.58. The van der Waals surface area contributed by atoms with Crippen LogP contribution in [0, 0.1) is 16.7 Å². The monoisotopic (exact) mass is 386 g/mol. The largest absolute Gasteiger partial charge is 0.0717 e. The van der Waals surface area contributed by atoms with E-state index >= 15 is 0 Å². The van der Waals surface area contributed by atoms with Gasteiger partial charge in [0.25, 0.3) is 0 Å². The number of hydrogen-bond acceptors (Lipinski definition) is 0. The maximum absolute atomic E-state index is 2.58. The minimum Gasteiger partial charge on any atom is -0.0717 e. The van der Waals surface area contributed by atoms with Crippen LogP contribution in [0.1, 0.15) is 31.9 Å². The molecule has 0 radical (unpaired) electrons. The standard InChI is InChI=1S/C30H26/c1-29(2)27-18-28(25-17-9-13-21-11-5-7-15-23(21)25)30(29,3)19-26(27)24-16-8-12-20-10-4-6-14-22(20)24/h4-19,27H,1-3H3/t27-,30-/m1/s1. The molecular formula is C30H26. The Bertz CT molecular complexity index is 1370. The molecule has 0 unspecified atom stereocenters. The molecule has 0 saturated heterocycles. The second-order valence-corrected chi connectivity index (χ2v) is 9.64. The summed E-state index contributed by atoms with van der Waals surface area (Å²) in [4.78, 5) is 0. The first-order chi connectivity index (χ1) is 14.5. The molecule has 0 saturated carbocycles. The molecule has 2 bridgehead atoms. The van der Waals surface area contributed by atoms with Crippen molar-refractivity contribution in [1.82, 2.24) is 0 Å². The molecule has 0 aliphatic heterocycles. The summed E-state index contributed by atoms with van der Waals surface area (Å²) in [5.41, 5.74) is 5.91. The van der Waals surface area contributed by atoms with E-state index in [-0.39, 0.29) is 10.8 Å². The summed E-state index contributed by atoms with van der Waals surface area (Å²) in [5, 5.41) is 5.35. The predicted octanol–water partition coefficient (Wildman–Crippen LogP) is 8.14. The lowest BCUT2D eigenvalue weighted by atomic mass is 9.65. The van der Waals surface area contributed by atoms with Crippen LogP contribution in [0.25, 0.3) is 32.7 Å². The van der Waals surface area contributed by atoms with E-state index in [1.807, 2.05) is 0 Å². The van der Waals surface area contributed by atoms with Gasteiger partial charge in [-0.1, -0.05) is 118 Å². The summed E-state index contributed by atoms with van der Waals surface area (Å²) in [6, 6.07) is 31.0. The van der Waals surface area contributed by atoms with E-state index in [9.17, 15) is 0 Å². The Labute approximate surface area is 178 Å².